The molecule has 0 spiro atoms. The number of alkyl halides is 6. The van der Waals surface area contributed by atoms with Crippen LogP contribution >= 0.6 is 24.4 Å². The molecule has 0 saturated heterocycles. The lowest BCUT2D eigenvalue weighted by Gasteiger charge is -2.14. The second kappa shape index (κ2) is 10.3. The molecule has 0 aromatic heterocycles. The van der Waals surface area contributed by atoms with Crippen molar-refractivity contribution in [2.24, 2.45) is 0 Å². The van der Waals surface area contributed by atoms with Gasteiger partial charge in [-0.2, -0.15) is 26.3 Å². The number of rotatable bonds is 4. The number of thiocarbonyl (C=S) groups is 2. The van der Waals surface area contributed by atoms with Gasteiger partial charge in [-0.3, -0.25) is 0 Å². The monoisotopic (exact) mass is 514 g/mol. The van der Waals surface area contributed by atoms with Gasteiger partial charge in [0.1, 0.15) is 0 Å². The molecule has 0 radical (unpaired) electrons. The molecule has 3 aromatic carbocycles. The molecule has 0 amide bonds. The van der Waals surface area contributed by atoms with E-state index in [1.165, 1.54) is 24.3 Å². The number of benzene rings is 3. The van der Waals surface area contributed by atoms with Crippen LogP contribution in [0.4, 0.5) is 49.1 Å². The molecule has 0 aliphatic heterocycles. The minimum absolute atomic E-state index is 0.0850. The van der Waals surface area contributed by atoms with Crippen LogP contribution in [0.3, 0.4) is 0 Å². The van der Waals surface area contributed by atoms with Gasteiger partial charge in [-0.05, 0) is 85.1 Å². The van der Waals surface area contributed by atoms with E-state index in [0.717, 1.165) is 24.3 Å². The lowest BCUT2D eigenvalue weighted by atomic mass is 10.2. The summed E-state index contributed by atoms with van der Waals surface area (Å²) >= 11 is 10.3. The Morgan fingerprint density at radius 3 is 1.15 bits per heavy atom. The van der Waals surface area contributed by atoms with Crippen molar-refractivity contribution in [3.63, 3.8) is 0 Å². The first-order valence-corrected chi connectivity index (χ1v) is 10.3. The Morgan fingerprint density at radius 2 is 0.824 bits per heavy atom. The van der Waals surface area contributed by atoms with E-state index in [4.69, 9.17) is 24.4 Å². The van der Waals surface area contributed by atoms with Crippen LogP contribution in [-0.4, -0.2) is 10.2 Å². The van der Waals surface area contributed by atoms with Gasteiger partial charge in [0.15, 0.2) is 10.2 Å². The van der Waals surface area contributed by atoms with Crippen molar-refractivity contribution >= 4 is 57.4 Å². The lowest BCUT2D eigenvalue weighted by molar-refractivity contribution is -0.138. The number of halogens is 6. The SMILES string of the molecule is FC(F)(F)c1cccc(NC(=S)Nc2ccc(NC(=S)Nc3cccc(C(F)(F)F)c3)cc2)c1. The van der Waals surface area contributed by atoms with Crippen LogP contribution in [0.2, 0.25) is 0 Å². The normalized spacial score (nSPS) is 11.5. The predicted molar refractivity (Wildman–Crippen MR) is 129 cm³/mol. The van der Waals surface area contributed by atoms with Crippen LogP contribution < -0.4 is 21.3 Å². The van der Waals surface area contributed by atoms with E-state index < -0.39 is 23.5 Å². The third-order valence-corrected chi connectivity index (χ3v) is 4.70. The summed E-state index contributed by atoms with van der Waals surface area (Å²) in [7, 11) is 0. The second-order valence-corrected chi connectivity index (χ2v) is 7.71. The van der Waals surface area contributed by atoms with Crippen molar-refractivity contribution in [1.29, 1.82) is 0 Å². The molecule has 3 aromatic rings. The van der Waals surface area contributed by atoms with Gasteiger partial charge in [-0.15, -0.1) is 0 Å². The van der Waals surface area contributed by atoms with E-state index in [-0.39, 0.29) is 21.6 Å². The average molecular weight is 515 g/mol. The first-order valence-electron chi connectivity index (χ1n) is 9.51. The minimum atomic E-state index is -4.47. The van der Waals surface area contributed by atoms with Crippen LogP contribution in [0.1, 0.15) is 11.1 Å². The fourth-order valence-corrected chi connectivity index (χ4v) is 3.24. The van der Waals surface area contributed by atoms with Crippen LogP contribution in [0.5, 0.6) is 0 Å². The fourth-order valence-electron chi connectivity index (χ4n) is 2.77. The maximum absolute atomic E-state index is 12.8. The molecule has 0 atom stereocenters. The summed E-state index contributed by atoms with van der Waals surface area (Å²) in [6.45, 7) is 0. The Balaban J connectivity index is 1.55. The quantitative estimate of drug-likeness (QED) is 0.216. The molecule has 12 heteroatoms. The van der Waals surface area contributed by atoms with Crippen LogP contribution in [0, 0.1) is 0 Å². The molecule has 0 aliphatic carbocycles. The van der Waals surface area contributed by atoms with Gasteiger partial charge in [0.05, 0.1) is 11.1 Å². The molecular weight excluding hydrogens is 498 g/mol. The molecule has 0 saturated carbocycles. The molecule has 3 rings (SSSR count). The summed E-state index contributed by atoms with van der Waals surface area (Å²) in [6.07, 6.45) is -8.93. The first-order chi connectivity index (χ1) is 15.9. The van der Waals surface area contributed by atoms with Crippen molar-refractivity contribution in [3.05, 3.63) is 83.9 Å². The smallest absolute Gasteiger partial charge is 0.332 e. The van der Waals surface area contributed by atoms with Gasteiger partial charge < -0.3 is 21.3 Å². The molecule has 0 aliphatic rings. The van der Waals surface area contributed by atoms with Gasteiger partial charge >= 0.3 is 12.4 Å². The summed E-state index contributed by atoms with van der Waals surface area (Å²) < 4.78 is 77.0. The largest absolute Gasteiger partial charge is 0.416 e. The molecule has 4 nitrogen and oxygen atoms in total. The summed E-state index contributed by atoms with van der Waals surface area (Å²) in [5.41, 5.74) is -0.150. The van der Waals surface area contributed by atoms with Gasteiger partial charge in [0.25, 0.3) is 0 Å². The zero-order valence-corrected chi connectivity index (χ0v) is 18.6. The highest BCUT2D eigenvalue weighted by Crippen LogP contribution is 2.31. The van der Waals surface area contributed by atoms with Crippen molar-refractivity contribution in [1.82, 2.24) is 0 Å². The van der Waals surface area contributed by atoms with Crippen LogP contribution in [0.15, 0.2) is 72.8 Å². The zero-order valence-electron chi connectivity index (χ0n) is 17.0. The predicted octanol–water partition coefficient (Wildman–Crippen LogP) is 7.34. The fraction of sp³-hybridized carbons (Fsp3) is 0.0909. The van der Waals surface area contributed by atoms with E-state index >= 15 is 0 Å². The Morgan fingerprint density at radius 1 is 0.500 bits per heavy atom. The van der Waals surface area contributed by atoms with Crippen molar-refractivity contribution in [2.75, 3.05) is 21.3 Å². The van der Waals surface area contributed by atoms with Crippen molar-refractivity contribution in [3.8, 4) is 0 Å². The highest BCUT2D eigenvalue weighted by Gasteiger charge is 2.31. The molecule has 178 valence electrons. The summed E-state index contributed by atoms with van der Waals surface area (Å²) in [5, 5.41) is 11.2. The van der Waals surface area contributed by atoms with E-state index in [1.54, 1.807) is 24.3 Å². The molecule has 0 bridgehead atoms. The number of anilines is 4. The van der Waals surface area contributed by atoms with E-state index in [9.17, 15) is 26.3 Å². The molecule has 34 heavy (non-hydrogen) atoms. The third kappa shape index (κ3) is 7.32. The molecular formula is C22H16F6N4S2. The topological polar surface area (TPSA) is 48.1 Å². The van der Waals surface area contributed by atoms with E-state index in [0.29, 0.717) is 11.4 Å². The van der Waals surface area contributed by atoms with Crippen molar-refractivity contribution < 1.29 is 26.3 Å². The number of nitrogens with one attached hydrogen (secondary N) is 4. The molecule has 0 heterocycles. The Labute approximate surface area is 201 Å². The van der Waals surface area contributed by atoms with E-state index in [1.807, 2.05) is 0 Å². The summed E-state index contributed by atoms with van der Waals surface area (Å²) in [5.74, 6) is 0. The Kier molecular flexibility index (Phi) is 7.62. The summed E-state index contributed by atoms with van der Waals surface area (Å²) in [4.78, 5) is 0. The van der Waals surface area contributed by atoms with Gasteiger partial charge in [-0.25, -0.2) is 0 Å². The van der Waals surface area contributed by atoms with Crippen molar-refractivity contribution in [2.45, 2.75) is 12.4 Å². The van der Waals surface area contributed by atoms with Gasteiger partial charge in [-0.1, -0.05) is 12.1 Å². The average Bonchev–Trinajstić information content (AvgIpc) is 2.74. The van der Waals surface area contributed by atoms with E-state index in [2.05, 4.69) is 21.3 Å². The zero-order chi connectivity index (χ0) is 24.9. The Hall–Kier alpha value is -3.38. The second-order valence-electron chi connectivity index (χ2n) is 6.89. The maximum atomic E-state index is 12.8. The lowest BCUT2D eigenvalue weighted by Crippen LogP contribution is -2.20. The molecule has 0 fully saturated rings. The molecule has 0 unspecified atom stereocenters. The maximum Gasteiger partial charge on any atom is 0.416 e. The van der Waals surface area contributed by atoms with Crippen LogP contribution in [-0.2, 0) is 12.4 Å². The summed E-state index contributed by atoms with van der Waals surface area (Å²) in [6, 6.07) is 15.8. The molecule has 4 N–H and O–H groups in total. The standard InChI is InChI=1S/C22H16F6N4S2/c23-21(24,25)13-3-1-5-17(11-13)31-19(33)29-15-7-9-16(10-8-15)30-20(34)32-18-6-2-4-14(12-18)22(26,27)28/h1-12H,(H2,29,31,33)(H2,30,32,34). The minimum Gasteiger partial charge on any atom is -0.332 e. The number of hydrogen-bond acceptors (Lipinski definition) is 2. The highest BCUT2D eigenvalue weighted by atomic mass is 32.1. The van der Waals surface area contributed by atoms with Gasteiger partial charge in [0.2, 0.25) is 0 Å². The Bertz CT molecular complexity index is 1080. The number of hydrogen-bond donors (Lipinski definition) is 4. The third-order valence-electron chi connectivity index (χ3n) is 4.30. The van der Waals surface area contributed by atoms with Crippen LogP contribution in [0.25, 0.3) is 0 Å². The first kappa shape index (κ1) is 25.2. The highest BCUT2D eigenvalue weighted by molar-refractivity contribution is 7.81. The van der Waals surface area contributed by atoms with Gasteiger partial charge in [0, 0.05) is 22.7 Å².